The lowest BCUT2D eigenvalue weighted by molar-refractivity contribution is 0.574. The molecule has 0 fully saturated rings. The van der Waals surface area contributed by atoms with Crippen LogP contribution in [0, 0.1) is 11.6 Å². The van der Waals surface area contributed by atoms with Crippen molar-refractivity contribution in [2.24, 2.45) is 5.73 Å². The third-order valence-electron chi connectivity index (χ3n) is 4.08. The first-order valence-corrected chi connectivity index (χ1v) is 7.41. The fourth-order valence-corrected chi connectivity index (χ4v) is 3.16. The first-order valence-electron chi connectivity index (χ1n) is 7.41. The molecule has 0 saturated heterocycles. The molecule has 0 radical (unpaired) electrons. The third-order valence-corrected chi connectivity index (χ3v) is 4.08. The van der Waals surface area contributed by atoms with Gasteiger partial charge >= 0.3 is 0 Å². The maximum atomic E-state index is 13.2. The minimum Gasteiger partial charge on any atom is -0.327 e. The average Bonchev–Trinajstić information content (AvgIpc) is 2.84. The molecule has 1 aliphatic carbocycles. The normalized spacial score (nSPS) is 15.0. The Balaban J connectivity index is 1.67. The van der Waals surface area contributed by atoms with E-state index in [2.05, 4.69) is 18.2 Å². The van der Waals surface area contributed by atoms with Crippen LogP contribution in [-0.2, 0) is 25.7 Å². The van der Waals surface area contributed by atoms with Crippen molar-refractivity contribution in [3.8, 4) is 0 Å². The van der Waals surface area contributed by atoms with Crippen LogP contribution in [-0.4, -0.2) is 6.04 Å². The van der Waals surface area contributed by atoms with E-state index in [1.54, 1.807) is 0 Å². The molecule has 2 aromatic rings. The Kier molecular flexibility index (Phi) is 4.02. The lowest BCUT2D eigenvalue weighted by atomic mass is 9.97. The van der Waals surface area contributed by atoms with Crippen LogP contribution in [0.5, 0.6) is 0 Å². The molecular weight excluding hydrogens is 268 g/mol. The van der Waals surface area contributed by atoms with Crippen LogP contribution in [0.2, 0.25) is 0 Å². The second-order valence-corrected chi connectivity index (χ2v) is 5.90. The van der Waals surface area contributed by atoms with Gasteiger partial charge in [0.1, 0.15) is 11.6 Å². The first-order chi connectivity index (χ1) is 10.1. The summed E-state index contributed by atoms with van der Waals surface area (Å²) in [6, 6.07) is 9.99. The number of hydrogen-bond acceptors (Lipinski definition) is 1. The minimum atomic E-state index is -0.547. The number of fused-ring (bicyclic) bond motifs is 1. The Morgan fingerprint density at radius 1 is 0.857 bits per heavy atom. The van der Waals surface area contributed by atoms with Crippen molar-refractivity contribution >= 4 is 0 Å². The molecule has 2 N–H and O–H groups in total. The van der Waals surface area contributed by atoms with Crippen molar-refractivity contribution in [3.05, 3.63) is 70.3 Å². The summed E-state index contributed by atoms with van der Waals surface area (Å²) >= 11 is 0. The summed E-state index contributed by atoms with van der Waals surface area (Å²) < 4.78 is 26.3. The molecule has 1 nitrogen and oxygen atoms in total. The number of benzene rings is 2. The van der Waals surface area contributed by atoms with Gasteiger partial charge in [-0.15, -0.1) is 0 Å². The molecule has 2 aromatic carbocycles. The lowest BCUT2D eigenvalue weighted by Gasteiger charge is -2.13. The molecule has 21 heavy (non-hydrogen) atoms. The zero-order valence-corrected chi connectivity index (χ0v) is 11.9. The van der Waals surface area contributed by atoms with Crippen LogP contribution in [0.3, 0.4) is 0 Å². The predicted octanol–water partition coefficient (Wildman–Crippen LogP) is 3.57. The molecule has 1 atom stereocenters. The molecule has 3 heteroatoms. The van der Waals surface area contributed by atoms with E-state index in [0.29, 0.717) is 12.0 Å². The summed E-state index contributed by atoms with van der Waals surface area (Å²) in [6.07, 6.45) is 4.75. The lowest BCUT2D eigenvalue weighted by Crippen LogP contribution is -2.25. The SMILES string of the molecule is NC(Cc1cc(F)cc(F)c1)Cc1ccc2c(c1)CCC2. The summed E-state index contributed by atoms with van der Waals surface area (Å²) in [5, 5.41) is 0. The fraction of sp³-hybridized carbons (Fsp3) is 0.333. The van der Waals surface area contributed by atoms with Crippen LogP contribution in [0.25, 0.3) is 0 Å². The number of aryl methyl sites for hydroxylation is 2. The third kappa shape index (κ3) is 3.48. The highest BCUT2D eigenvalue weighted by Gasteiger charge is 2.13. The van der Waals surface area contributed by atoms with E-state index in [1.807, 2.05) is 0 Å². The maximum absolute atomic E-state index is 13.2. The van der Waals surface area contributed by atoms with Crippen LogP contribution in [0.4, 0.5) is 8.78 Å². The Morgan fingerprint density at radius 2 is 1.52 bits per heavy atom. The van der Waals surface area contributed by atoms with Crippen molar-refractivity contribution in [2.75, 3.05) is 0 Å². The van der Waals surface area contributed by atoms with Gasteiger partial charge in [0.2, 0.25) is 0 Å². The van der Waals surface area contributed by atoms with Gasteiger partial charge in [0.05, 0.1) is 0 Å². The zero-order valence-electron chi connectivity index (χ0n) is 11.9. The van der Waals surface area contributed by atoms with Crippen LogP contribution in [0.1, 0.15) is 28.7 Å². The summed E-state index contributed by atoms with van der Waals surface area (Å²) in [7, 11) is 0. The van der Waals surface area contributed by atoms with Gasteiger partial charge in [-0.1, -0.05) is 18.2 Å². The molecule has 1 aliphatic rings. The Bertz CT molecular complexity index is 631. The number of halogens is 2. The highest BCUT2D eigenvalue weighted by Crippen LogP contribution is 2.23. The maximum Gasteiger partial charge on any atom is 0.126 e. The van der Waals surface area contributed by atoms with E-state index in [1.165, 1.54) is 41.7 Å². The largest absolute Gasteiger partial charge is 0.327 e. The predicted molar refractivity (Wildman–Crippen MR) is 80.2 cm³/mol. The topological polar surface area (TPSA) is 26.0 Å². The minimum absolute atomic E-state index is 0.134. The Labute approximate surface area is 123 Å². The molecule has 0 saturated carbocycles. The van der Waals surface area contributed by atoms with Crippen molar-refractivity contribution in [2.45, 2.75) is 38.1 Å². The van der Waals surface area contributed by atoms with Gasteiger partial charge in [0, 0.05) is 12.1 Å². The number of hydrogen-bond donors (Lipinski definition) is 1. The van der Waals surface area contributed by atoms with Gasteiger partial charge in [-0.05, 0) is 66.5 Å². The van der Waals surface area contributed by atoms with E-state index in [9.17, 15) is 8.78 Å². The van der Waals surface area contributed by atoms with Gasteiger partial charge in [0.15, 0.2) is 0 Å². The molecule has 0 heterocycles. The summed E-state index contributed by atoms with van der Waals surface area (Å²) in [4.78, 5) is 0. The monoisotopic (exact) mass is 287 g/mol. The van der Waals surface area contributed by atoms with Crippen LogP contribution >= 0.6 is 0 Å². The van der Waals surface area contributed by atoms with E-state index < -0.39 is 11.6 Å². The average molecular weight is 287 g/mol. The molecule has 0 spiro atoms. The summed E-state index contributed by atoms with van der Waals surface area (Å²) in [5.41, 5.74) is 10.8. The molecular formula is C18H19F2N. The molecule has 110 valence electrons. The number of rotatable bonds is 4. The number of nitrogens with two attached hydrogens (primary N) is 1. The second kappa shape index (κ2) is 5.94. The van der Waals surface area contributed by atoms with Crippen LogP contribution in [0.15, 0.2) is 36.4 Å². The highest BCUT2D eigenvalue weighted by atomic mass is 19.1. The van der Waals surface area contributed by atoms with Crippen molar-refractivity contribution in [1.82, 2.24) is 0 Å². The van der Waals surface area contributed by atoms with E-state index in [0.717, 1.165) is 18.9 Å². The molecule has 0 bridgehead atoms. The Morgan fingerprint density at radius 3 is 2.29 bits per heavy atom. The first kappa shape index (κ1) is 14.2. The van der Waals surface area contributed by atoms with Crippen molar-refractivity contribution in [3.63, 3.8) is 0 Å². The van der Waals surface area contributed by atoms with E-state index >= 15 is 0 Å². The summed E-state index contributed by atoms with van der Waals surface area (Å²) in [6.45, 7) is 0. The fourth-order valence-electron chi connectivity index (χ4n) is 3.16. The van der Waals surface area contributed by atoms with Crippen molar-refractivity contribution in [1.29, 1.82) is 0 Å². The van der Waals surface area contributed by atoms with Gasteiger partial charge < -0.3 is 5.73 Å². The smallest absolute Gasteiger partial charge is 0.126 e. The van der Waals surface area contributed by atoms with Crippen LogP contribution < -0.4 is 5.73 Å². The van der Waals surface area contributed by atoms with Crippen molar-refractivity contribution < 1.29 is 8.78 Å². The second-order valence-electron chi connectivity index (χ2n) is 5.90. The van der Waals surface area contributed by atoms with Gasteiger partial charge in [-0.2, -0.15) is 0 Å². The molecule has 3 rings (SSSR count). The highest BCUT2D eigenvalue weighted by molar-refractivity contribution is 5.35. The molecule has 0 aromatic heterocycles. The quantitative estimate of drug-likeness (QED) is 0.914. The van der Waals surface area contributed by atoms with E-state index in [-0.39, 0.29) is 6.04 Å². The Hall–Kier alpha value is -1.74. The van der Waals surface area contributed by atoms with E-state index in [4.69, 9.17) is 5.73 Å². The van der Waals surface area contributed by atoms with Gasteiger partial charge in [-0.3, -0.25) is 0 Å². The summed E-state index contributed by atoms with van der Waals surface area (Å²) in [5.74, 6) is -1.09. The van der Waals surface area contributed by atoms with Gasteiger partial charge in [0.25, 0.3) is 0 Å². The molecule has 1 unspecified atom stereocenters. The standard InChI is InChI=1S/C18H19F2N/c19-16-7-13(8-17(20)11-16)10-18(21)9-12-4-5-14-2-1-3-15(14)6-12/h4-8,11,18H,1-3,9-10,21H2. The molecule has 0 aliphatic heterocycles. The zero-order chi connectivity index (χ0) is 14.8. The van der Waals surface area contributed by atoms with Gasteiger partial charge in [-0.25, -0.2) is 8.78 Å². The molecule has 0 amide bonds.